The second-order valence-electron chi connectivity index (χ2n) is 7.56. The maximum atomic E-state index is 5.78. The summed E-state index contributed by atoms with van der Waals surface area (Å²) in [4.78, 5) is 0. The molecule has 0 aliphatic carbocycles. The Morgan fingerprint density at radius 1 is 1.18 bits per heavy atom. The van der Waals surface area contributed by atoms with Crippen LogP contribution in [0.3, 0.4) is 0 Å². The fraction of sp³-hybridized carbons (Fsp3) is 1.00. The van der Waals surface area contributed by atoms with E-state index in [-0.39, 0.29) is 5.54 Å². The Bertz CT molecular complexity index is 218. The maximum Gasteiger partial charge on any atom is 0.0579 e. The van der Waals surface area contributed by atoms with E-state index in [2.05, 4.69) is 46.9 Å². The van der Waals surface area contributed by atoms with E-state index in [4.69, 9.17) is 4.74 Å². The molecule has 0 aromatic rings. The van der Waals surface area contributed by atoms with Crippen molar-refractivity contribution in [1.29, 1.82) is 0 Å². The molecule has 1 heterocycles. The van der Waals surface area contributed by atoms with Gasteiger partial charge in [-0.3, -0.25) is 0 Å². The predicted octanol–water partition coefficient (Wildman–Crippen LogP) is 3.61. The lowest BCUT2D eigenvalue weighted by Crippen LogP contribution is -2.43. The molecule has 1 saturated heterocycles. The Balaban J connectivity index is 2.48. The van der Waals surface area contributed by atoms with Gasteiger partial charge in [0.25, 0.3) is 0 Å². The van der Waals surface area contributed by atoms with E-state index < -0.39 is 0 Å². The van der Waals surface area contributed by atoms with E-state index in [1.807, 2.05) is 0 Å². The molecule has 1 aliphatic rings. The number of nitrogens with one attached hydrogen (secondary N) is 1. The molecule has 0 amide bonds. The van der Waals surface area contributed by atoms with Crippen LogP contribution >= 0.6 is 0 Å². The quantitative estimate of drug-likeness (QED) is 0.812. The van der Waals surface area contributed by atoms with Gasteiger partial charge in [-0.15, -0.1) is 0 Å². The molecular weight excluding hydrogens is 210 g/mol. The van der Waals surface area contributed by atoms with Crippen LogP contribution in [0, 0.1) is 11.3 Å². The zero-order valence-electron chi connectivity index (χ0n) is 12.6. The van der Waals surface area contributed by atoms with Crippen molar-refractivity contribution in [3.8, 4) is 0 Å². The maximum absolute atomic E-state index is 5.78. The van der Waals surface area contributed by atoms with Crippen molar-refractivity contribution in [2.24, 2.45) is 11.3 Å². The molecule has 0 aromatic heterocycles. The summed E-state index contributed by atoms with van der Waals surface area (Å²) in [6.45, 7) is 15.8. The van der Waals surface area contributed by atoms with E-state index >= 15 is 0 Å². The van der Waals surface area contributed by atoms with Gasteiger partial charge in [0.2, 0.25) is 0 Å². The molecule has 0 saturated carbocycles. The Morgan fingerprint density at radius 2 is 1.82 bits per heavy atom. The van der Waals surface area contributed by atoms with Gasteiger partial charge in [0.15, 0.2) is 0 Å². The Morgan fingerprint density at radius 3 is 2.24 bits per heavy atom. The van der Waals surface area contributed by atoms with Crippen molar-refractivity contribution in [3.63, 3.8) is 0 Å². The molecule has 1 fully saturated rings. The second kappa shape index (κ2) is 5.71. The highest BCUT2D eigenvalue weighted by molar-refractivity contribution is 4.83. The van der Waals surface area contributed by atoms with Crippen molar-refractivity contribution in [1.82, 2.24) is 5.32 Å². The Labute approximate surface area is 108 Å². The summed E-state index contributed by atoms with van der Waals surface area (Å²) >= 11 is 0. The van der Waals surface area contributed by atoms with Crippen LogP contribution in [0.4, 0.5) is 0 Å². The zero-order valence-corrected chi connectivity index (χ0v) is 12.6. The SMILES string of the molecule is CC(C)(C)NCC(CC1CCCO1)C(C)(C)C. The van der Waals surface area contributed by atoms with Crippen LogP contribution in [0.1, 0.15) is 60.8 Å². The molecule has 0 aromatic carbocycles. The van der Waals surface area contributed by atoms with Crippen molar-refractivity contribution in [3.05, 3.63) is 0 Å². The van der Waals surface area contributed by atoms with Crippen molar-refractivity contribution in [2.45, 2.75) is 72.4 Å². The Hall–Kier alpha value is -0.0800. The molecule has 0 bridgehead atoms. The van der Waals surface area contributed by atoms with Crippen molar-refractivity contribution < 1.29 is 4.74 Å². The summed E-state index contributed by atoms with van der Waals surface area (Å²) < 4.78 is 5.78. The van der Waals surface area contributed by atoms with E-state index in [9.17, 15) is 0 Å². The third-order valence-corrected chi connectivity index (χ3v) is 3.67. The van der Waals surface area contributed by atoms with Gasteiger partial charge in [0.1, 0.15) is 0 Å². The van der Waals surface area contributed by atoms with Gasteiger partial charge >= 0.3 is 0 Å². The van der Waals surface area contributed by atoms with Crippen LogP contribution in [0.15, 0.2) is 0 Å². The molecule has 102 valence electrons. The van der Waals surface area contributed by atoms with E-state index in [1.54, 1.807) is 0 Å². The summed E-state index contributed by atoms with van der Waals surface area (Å²) in [6.07, 6.45) is 4.20. The molecular formula is C15H31NO. The molecule has 1 N–H and O–H groups in total. The molecule has 0 spiro atoms. The van der Waals surface area contributed by atoms with Gasteiger partial charge in [-0.1, -0.05) is 20.8 Å². The fourth-order valence-corrected chi connectivity index (χ4v) is 2.32. The molecule has 2 unspecified atom stereocenters. The van der Waals surface area contributed by atoms with E-state index in [0.717, 1.165) is 13.2 Å². The largest absolute Gasteiger partial charge is 0.378 e. The lowest BCUT2D eigenvalue weighted by atomic mass is 9.77. The highest BCUT2D eigenvalue weighted by Crippen LogP contribution is 2.32. The van der Waals surface area contributed by atoms with Crippen LogP contribution in [0.5, 0.6) is 0 Å². The van der Waals surface area contributed by atoms with Crippen LogP contribution < -0.4 is 5.32 Å². The number of ether oxygens (including phenoxy) is 1. The minimum atomic E-state index is 0.208. The van der Waals surface area contributed by atoms with Gasteiger partial charge in [-0.25, -0.2) is 0 Å². The van der Waals surface area contributed by atoms with Gasteiger partial charge in [0.05, 0.1) is 6.10 Å². The number of hydrogen-bond donors (Lipinski definition) is 1. The highest BCUT2D eigenvalue weighted by Gasteiger charge is 2.30. The number of rotatable bonds is 4. The van der Waals surface area contributed by atoms with Crippen LogP contribution in [-0.2, 0) is 4.74 Å². The first-order valence-corrected chi connectivity index (χ1v) is 7.05. The third-order valence-electron chi connectivity index (χ3n) is 3.67. The molecule has 2 heteroatoms. The topological polar surface area (TPSA) is 21.3 Å². The first kappa shape index (κ1) is 15.0. The van der Waals surface area contributed by atoms with Gasteiger partial charge in [0, 0.05) is 12.1 Å². The van der Waals surface area contributed by atoms with Crippen molar-refractivity contribution in [2.75, 3.05) is 13.2 Å². The smallest absolute Gasteiger partial charge is 0.0579 e. The molecule has 2 nitrogen and oxygen atoms in total. The van der Waals surface area contributed by atoms with Gasteiger partial charge in [-0.2, -0.15) is 0 Å². The van der Waals surface area contributed by atoms with Crippen LogP contribution in [0.2, 0.25) is 0 Å². The van der Waals surface area contributed by atoms with Crippen LogP contribution in [-0.4, -0.2) is 24.8 Å². The molecule has 0 radical (unpaired) electrons. The molecule has 1 rings (SSSR count). The Kier molecular flexibility index (Phi) is 5.03. The minimum Gasteiger partial charge on any atom is -0.378 e. The minimum absolute atomic E-state index is 0.208. The monoisotopic (exact) mass is 241 g/mol. The summed E-state index contributed by atoms with van der Waals surface area (Å²) in [5.74, 6) is 0.685. The average molecular weight is 241 g/mol. The summed E-state index contributed by atoms with van der Waals surface area (Å²) in [7, 11) is 0. The first-order chi connectivity index (χ1) is 7.68. The second-order valence-corrected chi connectivity index (χ2v) is 7.56. The fourth-order valence-electron chi connectivity index (χ4n) is 2.32. The zero-order chi connectivity index (χ0) is 13.1. The average Bonchev–Trinajstić information content (AvgIpc) is 2.60. The van der Waals surface area contributed by atoms with Gasteiger partial charge in [-0.05, 0) is 57.9 Å². The lowest BCUT2D eigenvalue weighted by Gasteiger charge is -2.35. The molecule has 17 heavy (non-hydrogen) atoms. The normalized spacial score (nSPS) is 24.0. The van der Waals surface area contributed by atoms with Crippen molar-refractivity contribution >= 4 is 0 Å². The summed E-state index contributed by atoms with van der Waals surface area (Å²) in [5.41, 5.74) is 0.560. The summed E-state index contributed by atoms with van der Waals surface area (Å²) in [6, 6.07) is 0. The standard InChI is InChI=1S/C15H31NO/c1-14(2,3)12(11-16-15(4,5)6)10-13-8-7-9-17-13/h12-13,16H,7-11H2,1-6H3. The van der Waals surface area contributed by atoms with E-state index in [1.165, 1.54) is 19.3 Å². The number of hydrogen-bond acceptors (Lipinski definition) is 2. The summed E-state index contributed by atoms with van der Waals surface area (Å²) in [5, 5.41) is 3.65. The third kappa shape index (κ3) is 5.87. The molecule has 2 atom stereocenters. The van der Waals surface area contributed by atoms with Gasteiger partial charge < -0.3 is 10.1 Å². The van der Waals surface area contributed by atoms with Crippen LogP contribution in [0.25, 0.3) is 0 Å². The highest BCUT2D eigenvalue weighted by atomic mass is 16.5. The lowest BCUT2D eigenvalue weighted by molar-refractivity contribution is 0.0643. The molecule has 1 aliphatic heterocycles. The first-order valence-electron chi connectivity index (χ1n) is 7.05. The predicted molar refractivity (Wildman–Crippen MR) is 74.3 cm³/mol. The van der Waals surface area contributed by atoms with E-state index in [0.29, 0.717) is 17.4 Å².